The number of nitrogens with zero attached hydrogens (tertiary/aromatic N) is 1. The summed E-state index contributed by atoms with van der Waals surface area (Å²) >= 11 is 0. The molecule has 1 heterocycles. The van der Waals surface area contributed by atoms with Crippen LogP contribution in [0.4, 0.5) is 4.79 Å². The monoisotopic (exact) mass is 282 g/mol. The molecular weight excluding hydrogens is 260 g/mol. The van der Waals surface area contributed by atoms with Crippen LogP contribution in [-0.4, -0.2) is 24.0 Å². The van der Waals surface area contributed by atoms with E-state index in [0.717, 1.165) is 18.7 Å². The number of allylic oxidation sites excluding steroid dienone is 2. The maximum atomic E-state index is 12.4. The molecule has 2 fully saturated rings. The number of rotatable bonds is 2. The summed E-state index contributed by atoms with van der Waals surface area (Å²) in [5.41, 5.74) is 1.16. The molecule has 1 aromatic rings. The zero-order valence-electron chi connectivity index (χ0n) is 12.2. The van der Waals surface area contributed by atoms with Crippen molar-refractivity contribution in [2.45, 2.75) is 19.4 Å². The van der Waals surface area contributed by atoms with E-state index in [1.54, 1.807) is 0 Å². The van der Waals surface area contributed by atoms with Gasteiger partial charge in [-0.3, -0.25) is 0 Å². The second kappa shape index (κ2) is 5.21. The molecule has 3 nitrogen and oxygen atoms in total. The predicted octanol–water partition coefficient (Wildman–Crippen LogP) is 3.04. The lowest BCUT2D eigenvalue weighted by molar-refractivity contribution is 0.169. The van der Waals surface area contributed by atoms with Gasteiger partial charge in [0.05, 0.1) is 0 Å². The Hall–Kier alpha value is -1.77. The van der Waals surface area contributed by atoms with Gasteiger partial charge in [0.15, 0.2) is 0 Å². The van der Waals surface area contributed by atoms with Gasteiger partial charge in [0.2, 0.25) is 0 Å². The third kappa shape index (κ3) is 2.35. The molecule has 3 aliphatic carbocycles. The molecule has 0 radical (unpaired) electrons. The molecular formula is C18H22N2O. The van der Waals surface area contributed by atoms with E-state index in [0.29, 0.717) is 30.2 Å². The average molecular weight is 282 g/mol. The highest BCUT2D eigenvalue weighted by Gasteiger charge is 2.46. The number of nitrogens with one attached hydrogen (secondary N) is 1. The van der Waals surface area contributed by atoms with Crippen molar-refractivity contribution in [1.82, 2.24) is 10.2 Å². The summed E-state index contributed by atoms with van der Waals surface area (Å²) in [5.74, 6) is 2.84. The molecule has 4 aliphatic rings. The number of fused-ring (bicyclic) bond motifs is 1. The molecule has 2 bridgehead atoms. The summed E-state index contributed by atoms with van der Waals surface area (Å²) in [5, 5.41) is 3.07. The van der Waals surface area contributed by atoms with Crippen molar-refractivity contribution in [1.29, 1.82) is 0 Å². The Morgan fingerprint density at radius 2 is 1.67 bits per heavy atom. The lowest BCUT2D eigenvalue weighted by atomic mass is 9.64. The average Bonchev–Trinajstić information content (AvgIpc) is 3.02. The molecule has 2 amide bonds. The Labute approximate surface area is 126 Å². The van der Waals surface area contributed by atoms with E-state index in [1.165, 1.54) is 12.8 Å². The van der Waals surface area contributed by atoms with Gasteiger partial charge in [-0.15, -0.1) is 0 Å². The third-order valence-electron chi connectivity index (χ3n) is 5.52. The van der Waals surface area contributed by atoms with Crippen molar-refractivity contribution in [2.75, 3.05) is 13.1 Å². The van der Waals surface area contributed by atoms with E-state index in [1.807, 2.05) is 35.2 Å². The van der Waals surface area contributed by atoms with Crippen LogP contribution in [0.3, 0.4) is 0 Å². The van der Waals surface area contributed by atoms with Crippen LogP contribution in [-0.2, 0) is 6.54 Å². The Morgan fingerprint density at radius 1 is 1.05 bits per heavy atom. The van der Waals surface area contributed by atoms with E-state index in [9.17, 15) is 4.79 Å². The molecule has 3 heteroatoms. The van der Waals surface area contributed by atoms with Gasteiger partial charge in [-0.05, 0) is 42.1 Å². The second-order valence-electron chi connectivity index (χ2n) is 6.67. The van der Waals surface area contributed by atoms with Crippen LogP contribution < -0.4 is 5.32 Å². The Morgan fingerprint density at radius 3 is 2.24 bits per heavy atom. The molecule has 110 valence electrons. The smallest absolute Gasteiger partial charge is 0.317 e. The van der Waals surface area contributed by atoms with E-state index < -0.39 is 0 Å². The van der Waals surface area contributed by atoms with Crippen molar-refractivity contribution in [2.24, 2.45) is 23.7 Å². The molecule has 0 spiro atoms. The summed E-state index contributed by atoms with van der Waals surface area (Å²) in [4.78, 5) is 14.4. The Balaban J connectivity index is 1.37. The SMILES string of the molecule is O=C(NCc1ccccc1)N1CC2C3C=CC(CC3)C2C1. The minimum Gasteiger partial charge on any atom is -0.334 e. The number of amides is 2. The van der Waals surface area contributed by atoms with Crippen LogP contribution in [0.5, 0.6) is 0 Å². The van der Waals surface area contributed by atoms with E-state index in [2.05, 4.69) is 17.5 Å². The highest BCUT2D eigenvalue weighted by atomic mass is 16.2. The first kappa shape index (κ1) is 12.9. The highest BCUT2D eigenvalue weighted by Crippen LogP contribution is 2.48. The van der Waals surface area contributed by atoms with Gasteiger partial charge >= 0.3 is 6.03 Å². The summed E-state index contributed by atoms with van der Waals surface area (Å²) in [6.07, 6.45) is 7.45. The molecule has 4 unspecified atom stereocenters. The number of carbonyl (C=O) groups excluding carboxylic acids is 1. The molecule has 0 aromatic heterocycles. The Kier molecular flexibility index (Phi) is 3.21. The summed E-state index contributed by atoms with van der Waals surface area (Å²) in [7, 11) is 0. The first-order valence-electron chi connectivity index (χ1n) is 8.06. The third-order valence-corrected chi connectivity index (χ3v) is 5.52. The summed E-state index contributed by atoms with van der Waals surface area (Å²) in [6, 6.07) is 10.2. The molecule has 21 heavy (non-hydrogen) atoms. The molecule has 1 saturated heterocycles. The topological polar surface area (TPSA) is 32.3 Å². The molecule has 1 aromatic carbocycles. The van der Waals surface area contributed by atoms with Gasteiger partial charge in [-0.1, -0.05) is 42.5 Å². The maximum Gasteiger partial charge on any atom is 0.317 e. The molecule has 1 aliphatic heterocycles. The fraction of sp³-hybridized carbons (Fsp3) is 0.500. The van der Waals surface area contributed by atoms with Crippen molar-refractivity contribution in [3.05, 3.63) is 48.0 Å². The lowest BCUT2D eigenvalue weighted by Gasteiger charge is -2.40. The Bertz CT molecular complexity index is 532. The van der Waals surface area contributed by atoms with Crippen LogP contribution >= 0.6 is 0 Å². The summed E-state index contributed by atoms with van der Waals surface area (Å²) in [6.45, 7) is 2.50. The molecule has 4 atom stereocenters. The highest BCUT2D eigenvalue weighted by molar-refractivity contribution is 5.74. The van der Waals surface area contributed by atoms with Crippen molar-refractivity contribution < 1.29 is 4.79 Å². The normalized spacial score (nSPS) is 33.0. The predicted molar refractivity (Wildman–Crippen MR) is 82.6 cm³/mol. The maximum absolute atomic E-state index is 12.4. The van der Waals surface area contributed by atoms with Crippen LogP contribution in [0, 0.1) is 23.7 Å². The molecule has 1 N–H and O–H groups in total. The minimum atomic E-state index is 0.104. The summed E-state index contributed by atoms with van der Waals surface area (Å²) < 4.78 is 0. The van der Waals surface area contributed by atoms with Gasteiger partial charge in [-0.25, -0.2) is 4.79 Å². The standard InChI is InChI=1S/C18H22N2O/c21-18(19-10-13-4-2-1-3-5-13)20-11-16-14-6-7-15(9-8-14)17(16)12-20/h1-7,14-17H,8-12H2,(H,19,21). The molecule has 1 saturated carbocycles. The van der Waals surface area contributed by atoms with Crippen LogP contribution in [0.15, 0.2) is 42.5 Å². The minimum absolute atomic E-state index is 0.104. The second-order valence-corrected chi connectivity index (χ2v) is 6.67. The largest absolute Gasteiger partial charge is 0.334 e. The fourth-order valence-corrected chi connectivity index (χ4v) is 4.39. The van der Waals surface area contributed by atoms with Gasteiger partial charge in [-0.2, -0.15) is 0 Å². The first-order valence-corrected chi connectivity index (χ1v) is 8.06. The number of benzene rings is 1. The van der Waals surface area contributed by atoms with E-state index >= 15 is 0 Å². The van der Waals surface area contributed by atoms with Crippen LogP contribution in [0.2, 0.25) is 0 Å². The van der Waals surface area contributed by atoms with Gasteiger partial charge in [0.25, 0.3) is 0 Å². The lowest BCUT2D eigenvalue weighted by Crippen LogP contribution is -2.38. The zero-order valence-corrected chi connectivity index (χ0v) is 12.2. The zero-order chi connectivity index (χ0) is 14.2. The molecule has 5 rings (SSSR count). The van der Waals surface area contributed by atoms with Gasteiger partial charge < -0.3 is 10.2 Å². The first-order chi connectivity index (χ1) is 10.3. The van der Waals surface area contributed by atoms with E-state index in [-0.39, 0.29) is 6.03 Å². The number of carbonyl (C=O) groups is 1. The van der Waals surface area contributed by atoms with Crippen molar-refractivity contribution in [3.63, 3.8) is 0 Å². The fourth-order valence-electron chi connectivity index (χ4n) is 4.39. The van der Waals surface area contributed by atoms with Gasteiger partial charge in [0.1, 0.15) is 0 Å². The van der Waals surface area contributed by atoms with Crippen LogP contribution in [0.25, 0.3) is 0 Å². The number of urea groups is 1. The van der Waals surface area contributed by atoms with E-state index in [4.69, 9.17) is 0 Å². The van der Waals surface area contributed by atoms with Crippen molar-refractivity contribution >= 4 is 6.03 Å². The van der Waals surface area contributed by atoms with Crippen molar-refractivity contribution in [3.8, 4) is 0 Å². The number of likely N-dealkylation sites (tertiary alicyclic amines) is 1. The number of hydrogen-bond acceptors (Lipinski definition) is 1. The quantitative estimate of drug-likeness (QED) is 0.831. The number of hydrogen-bond donors (Lipinski definition) is 1. The van der Waals surface area contributed by atoms with Crippen LogP contribution in [0.1, 0.15) is 18.4 Å². The van der Waals surface area contributed by atoms with Gasteiger partial charge in [0, 0.05) is 19.6 Å².